The highest BCUT2D eigenvalue weighted by molar-refractivity contribution is 7.97. The van der Waals surface area contributed by atoms with Crippen molar-refractivity contribution in [3.8, 4) is 11.5 Å². The van der Waals surface area contributed by atoms with Gasteiger partial charge in [-0.1, -0.05) is 20.8 Å². The van der Waals surface area contributed by atoms with Crippen LogP contribution in [0.4, 0.5) is 0 Å². The number of benzene rings is 1. The number of carbonyl (C=O) groups excluding carboxylic acids is 1. The number of hydrogen-bond acceptors (Lipinski definition) is 5. The average Bonchev–Trinajstić information content (AvgIpc) is 2.77. The van der Waals surface area contributed by atoms with E-state index in [-0.39, 0.29) is 11.9 Å². The summed E-state index contributed by atoms with van der Waals surface area (Å²) in [5.74, 6) is 3.79. The summed E-state index contributed by atoms with van der Waals surface area (Å²) in [6, 6.07) is 5.89. The molecule has 0 heterocycles. The molecule has 32 heavy (non-hydrogen) atoms. The van der Waals surface area contributed by atoms with E-state index in [0.29, 0.717) is 5.92 Å². The number of carbonyl (C=O) groups is 1. The summed E-state index contributed by atoms with van der Waals surface area (Å²) in [6.07, 6.45) is 5.94. The molecule has 2 rings (SSSR count). The Hall–Kier alpha value is -1.66. The van der Waals surface area contributed by atoms with Gasteiger partial charge in [0.05, 0.1) is 19.1 Å². The summed E-state index contributed by atoms with van der Waals surface area (Å²) in [6.45, 7) is 16.7. The van der Waals surface area contributed by atoms with Crippen LogP contribution in [-0.4, -0.2) is 31.7 Å². The Bertz CT molecular complexity index is 700. The number of methoxy groups -OCH3 is 2. The fourth-order valence-corrected chi connectivity index (χ4v) is 5.33. The third-order valence-electron chi connectivity index (χ3n) is 6.08. The van der Waals surface area contributed by atoms with Gasteiger partial charge in [-0.15, -0.1) is 13.2 Å². The zero-order chi connectivity index (χ0) is 24.3. The van der Waals surface area contributed by atoms with Crippen molar-refractivity contribution in [3.05, 3.63) is 31.4 Å². The van der Waals surface area contributed by atoms with Crippen LogP contribution >= 0.6 is 11.9 Å². The van der Waals surface area contributed by atoms with Crippen molar-refractivity contribution < 1.29 is 14.3 Å². The molecule has 1 fully saturated rings. The second kappa shape index (κ2) is 13.8. The molecular weight excluding hydrogens is 420 g/mol. The Balaban J connectivity index is 0.00000249. The van der Waals surface area contributed by atoms with Crippen LogP contribution in [0.3, 0.4) is 0 Å². The van der Waals surface area contributed by atoms with Gasteiger partial charge in [-0.2, -0.15) is 0 Å². The first-order valence-electron chi connectivity index (χ1n) is 11.6. The van der Waals surface area contributed by atoms with Crippen molar-refractivity contribution >= 4 is 17.9 Å². The Morgan fingerprint density at radius 2 is 1.78 bits per heavy atom. The van der Waals surface area contributed by atoms with Crippen LogP contribution in [0, 0.1) is 17.8 Å². The summed E-state index contributed by atoms with van der Waals surface area (Å²) >= 11 is 1.41. The monoisotopic (exact) mass is 464 g/mol. The lowest BCUT2D eigenvalue weighted by Crippen LogP contribution is -2.53. The third-order valence-corrected chi connectivity index (χ3v) is 7.25. The molecule has 5 nitrogen and oxygen atoms in total. The van der Waals surface area contributed by atoms with Gasteiger partial charge in [-0.25, -0.2) is 4.72 Å². The number of rotatable bonds is 10. The van der Waals surface area contributed by atoms with Crippen LogP contribution in [0.25, 0.3) is 0 Å². The van der Waals surface area contributed by atoms with Crippen LogP contribution in [-0.2, 0) is 4.79 Å². The Morgan fingerprint density at radius 3 is 2.31 bits per heavy atom. The van der Waals surface area contributed by atoms with E-state index in [9.17, 15) is 4.79 Å². The van der Waals surface area contributed by atoms with Crippen LogP contribution in [0.5, 0.6) is 11.5 Å². The topological polar surface area (TPSA) is 59.6 Å². The first-order chi connectivity index (χ1) is 15.2. The van der Waals surface area contributed by atoms with Crippen molar-refractivity contribution in [2.24, 2.45) is 17.8 Å². The van der Waals surface area contributed by atoms with Crippen molar-refractivity contribution in [2.75, 3.05) is 14.2 Å². The van der Waals surface area contributed by atoms with Crippen molar-refractivity contribution in [1.29, 1.82) is 0 Å². The molecule has 1 aliphatic carbocycles. The first kappa shape index (κ1) is 28.4. The van der Waals surface area contributed by atoms with Crippen molar-refractivity contribution in [3.63, 3.8) is 0 Å². The molecule has 0 spiro atoms. The molecule has 1 amide bonds. The highest BCUT2D eigenvalue weighted by Crippen LogP contribution is 2.36. The minimum absolute atomic E-state index is 0.0336. The minimum Gasteiger partial charge on any atom is -0.497 e. The van der Waals surface area contributed by atoms with E-state index < -0.39 is 5.54 Å². The summed E-state index contributed by atoms with van der Waals surface area (Å²) in [5, 5.41) is 3.30. The molecule has 0 aliphatic heterocycles. The van der Waals surface area contributed by atoms with E-state index in [2.05, 4.69) is 44.0 Å². The van der Waals surface area contributed by atoms with Crippen molar-refractivity contribution in [2.45, 2.75) is 83.2 Å². The number of amides is 1. The summed E-state index contributed by atoms with van der Waals surface area (Å²) in [5.41, 5.74) is -0.712. The molecule has 2 N–H and O–H groups in total. The average molecular weight is 465 g/mol. The molecule has 6 heteroatoms. The fraction of sp³-hybridized carbons (Fsp3) is 0.654. The van der Waals surface area contributed by atoms with E-state index >= 15 is 0 Å². The van der Waals surface area contributed by atoms with E-state index in [1.807, 2.05) is 32.0 Å². The normalized spacial score (nSPS) is 21.7. The van der Waals surface area contributed by atoms with Gasteiger partial charge in [0.1, 0.15) is 17.0 Å². The van der Waals surface area contributed by atoms with Gasteiger partial charge in [0, 0.05) is 12.1 Å². The molecule has 0 radical (unpaired) electrons. The summed E-state index contributed by atoms with van der Waals surface area (Å²) in [4.78, 5) is 14.0. The van der Waals surface area contributed by atoms with Crippen molar-refractivity contribution in [1.82, 2.24) is 10.0 Å². The predicted octanol–water partition coefficient (Wildman–Crippen LogP) is 6.24. The Labute approximate surface area is 200 Å². The van der Waals surface area contributed by atoms with E-state index in [1.165, 1.54) is 31.2 Å². The maximum absolute atomic E-state index is 13.0. The van der Waals surface area contributed by atoms with E-state index in [0.717, 1.165) is 41.1 Å². The SMILES string of the molecule is C=C.CCC(CC1CC(C)CC(C)C1)NC(=O)C(C)(C)NSc1ccc(OC)cc1OC. The number of nitrogens with one attached hydrogen (secondary N) is 2. The molecule has 0 bridgehead atoms. The van der Waals surface area contributed by atoms with Crippen LogP contribution in [0.2, 0.25) is 0 Å². The molecule has 3 unspecified atom stereocenters. The maximum atomic E-state index is 13.0. The molecule has 1 aromatic rings. The predicted molar refractivity (Wildman–Crippen MR) is 136 cm³/mol. The minimum atomic E-state index is -0.712. The van der Waals surface area contributed by atoms with Crippen LogP contribution in [0.15, 0.2) is 36.3 Å². The smallest absolute Gasteiger partial charge is 0.240 e. The van der Waals surface area contributed by atoms with Crippen LogP contribution in [0.1, 0.15) is 66.7 Å². The molecule has 3 atom stereocenters. The van der Waals surface area contributed by atoms with E-state index in [4.69, 9.17) is 9.47 Å². The van der Waals surface area contributed by atoms with Gasteiger partial charge in [0.15, 0.2) is 0 Å². The zero-order valence-electron chi connectivity index (χ0n) is 21.1. The highest BCUT2D eigenvalue weighted by atomic mass is 32.2. The second-order valence-corrected chi connectivity index (χ2v) is 10.3. The molecule has 182 valence electrons. The highest BCUT2D eigenvalue weighted by Gasteiger charge is 2.31. The summed E-state index contributed by atoms with van der Waals surface area (Å²) < 4.78 is 14.0. The first-order valence-corrected chi connectivity index (χ1v) is 12.5. The standard InChI is InChI=1S/C24H40N2O3S.C2H4/c1-8-19(14-18-12-16(2)11-17(3)13-18)25-23(27)24(4,5)26-30-22-10-9-20(28-6)15-21(22)29-7;1-2/h9-10,15-19,26H,8,11-14H2,1-7H3,(H,25,27);1-2H2. The molecule has 1 aromatic carbocycles. The fourth-order valence-electron chi connectivity index (χ4n) is 4.49. The second-order valence-electron chi connectivity index (χ2n) is 9.44. The lowest BCUT2D eigenvalue weighted by atomic mass is 9.74. The Morgan fingerprint density at radius 1 is 1.16 bits per heavy atom. The van der Waals surface area contributed by atoms with Gasteiger partial charge in [-0.3, -0.25) is 4.79 Å². The van der Waals surface area contributed by atoms with Gasteiger partial charge < -0.3 is 14.8 Å². The molecule has 0 saturated heterocycles. The van der Waals surface area contributed by atoms with Gasteiger partial charge >= 0.3 is 0 Å². The maximum Gasteiger partial charge on any atom is 0.240 e. The zero-order valence-corrected chi connectivity index (χ0v) is 21.9. The quantitative estimate of drug-likeness (QED) is 0.317. The Kier molecular flexibility index (Phi) is 12.2. The van der Waals surface area contributed by atoms with Gasteiger partial charge in [0.25, 0.3) is 0 Å². The molecule has 1 aliphatic rings. The third kappa shape index (κ3) is 8.70. The van der Waals surface area contributed by atoms with Gasteiger partial charge in [0.2, 0.25) is 5.91 Å². The van der Waals surface area contributed by atoms with E-state index in [1.54, 1.807) is 14.2 Å². The summed E-state index contributed by atoms with van der Waals surface area (Å²) in [7, 11) is 3.27. The number of hydrogen-bond donors (Lipinski definition) is 2. The lowest BCUT2D eigenvalue weighted by molar-refractivity contribution is -0.126. The molecule has 1 saturated carbocycles. The molecule has 0 aromatic heterocycles. The molecular formula is C26H44N2O3S. The lowest BCUT2D eigenvalue weighted by Gasteiger charge is -2.34. The number of ether oxygens (including phenoxy) is 2. The van der Waals surface area contributed by atoms with Gasteiger partial charge in [-0.05, 0) is 87.8 Å². The largest absolute Gasteiger partial charge is 0.497 e. The van der Waals surface area contributed by atoms with Crippen LogP contribution < -0.4 is 19.5 Å².